The van der Waals surface area contributed by atoms with Gasteiger partial charge in [-0.3, -0.25) is 4.90 Å². The summed E-state index contributed by atoms with van der Waals surface area (Å²) < 4.78 is 5.08. The van der Waals surface area contributed by atoms with Crippen molar-refractivity contribution in [2.75, 3.05) is 7.05 Å². The maximum atomic E-state index is 5.08. The Kier molecular flexibility index (Phi) is 3.41. The number of aromatic nitrogens is 1. The molecule has 0 spiro atoms. The molecular formula is C12H20N2O. The maximum Gasteiger partial charge on any atom is 0.138 e. The second-order valence-electron chi connectivity index (χ2n) is 4.61. The van der Waals surface area contributed by atoms with Crippen molar-refractivity contribution < 1.29 is 4.52 Å². The summed E-state index contributed by atoms with van der Waals surface area (Å²) in [4.78, 5) is 2.44. The van der Waals surface area contributed by atoms with Gasteiger partial charge in [0, 0.05) is 18.2 Å². The van der Waals surface area contributed by atoms with E-state index < -0.39 is 0 Å². The van der Waals surface area contributed by atoms with Gasteiger partial charge in [-0.05, 0) is 26.8 Å². The van der Waals surface area contributed by atoms with E-state index in [0.717, 1.165) is 18.3 Å². The SMILES string of the molecule is Cc1oncc1CN(C)C1CCCCC1. The molecule has 15 heavy (non-hydrogen) atoms. The lowest BCUT2D eigenvalue weighted by atomic mass is 9.94. The maximum absolute atomic E-state index is 5.08. The fraction of sp³-hybridized carbons (Fsp3) is 0.750. The van der Waals surface area contributed by atoms with Crippen LogP contribution in [0.2, 0.25) is 0 Å². The molecule has 1 fully saturated rings. The summed E-state index contributed by atoms with van der Waals surface area (Å²) in [5.41, 5.74) is 1.23. The summed E-state index contributed by atoms with van der Waals surface area (Å²) in [5, 5.41) is 3.82. The van der Waals surface area contributed by atoms with E-state index in [1.54, 1.807) is 0 Å². The topological polar surface area (TPSA) is 29.3 Å². The number of hydrogen-bond donors (Lipinski definition) is 0. The summed E-state index contributed by atoms with van der Waals surface area (Å²) in [7, 11) is 2.21. The van der Waals surface area contributed by atoms with Gasteiger partial charge in [-0.2, -0.15) is 0 Å². The van der Waals surface area contributed by atoms with Crippen molar-refractivity contribution in [2.24, 2.45) is 0 Å². The fourth-order valence-corrected chi connectivity index (χ4v) is 2.39. The number of rotatable bonds is 3. The molecule has 3 heteroatoms. The average molecular weight is 208 g/mol. The summed E-state index contributed by atoms with van der Waals surface area (Å²) in [5.74, 6) is 0.956. The second-order valence-corrected chi connectivity index (χ2v) is 4.61. The Morgan fingerprint density at radius 2 is 2.13 bits per heavy atom. The Labute approximate surface area is 91.4 Å². The van der Waals surface area contributed by atoms with E-state index in [1.807, 2.05) is 13.1 Å². The number of nitrogens with zero attached hydrogens (tertiary/aromatic N) is 2. The summed E-state index contributed by atoms with van der Waals surface area (Å²) in [6, 6.07) is 0.757. The smallest absolute Gasteiger partial charge is 0.138 e. The third-order valence-electron chi connectivity index (χ3n) is 3.47. The third-order valence-corrected chi connectivity index (χ3v) is 3.47. The van der Waals surface area contributed by atoms with Crippen LogP contribution in [0.25, 0.3) is 0 Å². The molecule has 0 atom stereocenters. The van der Waals surface area contributed by atoms with Crippen molar-refractivity contribution in [1.29, 1.82) is 0 Å². The first-order valence-corrected chi connectivity index (χ1v) is 5.88. The first-order chi connectivity index (χ1) is 7.27. The Hall–Kier alpha value is -0.830. The minimum atomic E-state index is 0.757. The Morgan fingerprint density at radius 1 is 1.40 bits per heavy atom. The summed E-state index contributed by atoms with van der Waals surface area (Å²) >= 11 is 0. The van der Waals surface area contributed by atoms with Gasteiger partial charge < -0.3 is 4.52 Å². The van der Waals surface area contributed by atoms with Gasteiger partial charge in [0.15, 0.2) is 0 Å². The molecule has 1 heterocycles. The van der Waals surface area contributed by atoms with Crippen molar-refractivity contribution in [3.8, 4) is 0 Å². The normalized spacial score (nSPS) is 18.6. The molecule has 0 radical (unpaired) electrons. The van der Waals surface area contributed by atoms with E-state index in [-0.39, 0.29) is 0 Å². The zero-order chi connectivity index (χ0) is 10.7. The van der Waals surface area contributed by atoms with Gasteiger partial charge in [-0.25, -0.2) is 0 Å². The van der Waals surface area contributed by atoms with Crippen molar-refractivity contribution >= 4 is 0 Å². The van der Waals surface area contributed by atoms with Crippen LogP contribution in [0.15, 0.2) is 10.7 Å². The highest BCUT2D eigenvalue weighted by Crippen LogP contribution is 2.23. The Balaban J connectivity index is 1.91. The Morgan fingerprint density at radius 3 is 2.73 bits per heavy atom. The molecule has 0 amide bonds. The summed E-state index contributed by atoms with van der Waals surface area (Å²) in [6.07, 6.45) is 8.72. The van der Waals surface area contributed by atoms with Gasteiger partial charge in [-0.15, -0.1) is 0 Å². The van der Waals surface area contributed by atoms with Gasteiger partial charge in [0.25, 0.3) is 0 Å². The van der Waals surface area contributed by atoms with E-state index in [9.17, 15) is 0 Å². The van der Waals surface area contributed by atoms with Crippen LogP contribution in [0.5, 0.6) is 0 Å². The highest BCUT2D eigenvalue weighted by molar-refractivity contribution is 5.11. The molecule has 1 aliphatic carbocycles. The lowest BCUT2D eigenvalue weighted by molar-refractivity contribution is 0.183. The first-order valence-electron chi connectivity index (χ1n) is 5.88. The van der Waals surface area contributed by atoms with Gasteiger partial charge >= 0.3 is 0 Å². The number of hydrogen-bond acceptors (Lipinski definition) is 3. The highest BCUT2D eigenvalue weighted by Gasteiger charge is 2.19. The zero-order valence-corrected chi connectivity index (χ0v) is 9.70. The molecular weight excluding hydrogens is 188 g/mol. The van der Waals surface area contributed by atoms with Crippen molar-refractivity contribution in [3.63, 3.8) is 0 Å². The van der Waals surface area contributed by atoms with E-state index in [1.165, 1.54) is 37.7 Å². The first kappa shape index (κ1) is 10.7. The van der Waals surface area contributed by atoms with E-state index in [4.69, 9.17) is 4.52 Å². The monoisotopic (exact) mass is 208 g/mol. The fourth-order valence-electron chi connectivity index (χ4n) is 2.39. The largest absolute Gasteiger partial charge is 0.361 e. The van der Waals surface area contributed by atoms with Gasteiger partial charge in [0.05, 0.1) is 6.20 Å². The molecule has 2 rings (SSSR count). The summed E-state index contributed by atoms with van der Waals surface area (Å²) in [6.45, 7) is 2.96. The van der Waals surface area contributed by atoms with E-state index in [2.05, 4.69) is 17.1 Å². The second kappa shape index (κ2) is 4.79. The van der Waals surface area contributed by atoms with E-state index in [0.29, 0.717) is 0 Å². The van der Waals surface area contributed by atoms with Crippen molar-refractivity contribution in [1.82, 2.24) is 10.1 Å². The van der Waals surface area contributed by atoms with Crippen molar-refractivity contribution in [2.45, 2.75) is 51.6 Å². The average Bonchev–Trinajstić information content (AvgIpc) is 2.66. The molecule has 84 valence electrons. The molecule has 1 saturated carbocycles. The van der Waals surface area contributed by atoms with Gasteiger partial charge in [0.2, 0.25) is 0 Å². The minimum absolute atomic E-state index is 0.757. The molecule has 0 aromatic carbocycles. The predicted molar refractivity (Wildman–Crippen MR) is 59.6 cm³/mol. The molecule has 1 aliphatic rings. The van der Waals surface area contributed by atoms with Crippen LogP contribution >= 0.6 is 0 Å². The van der Waals surface area contributed by atoms with Crippen LogP contribution in [0.3, 0.4) is 0 Å². The van der Waals surface area contributed by atoms with E-state index >= 15 is 0 Å². The standard InChI is InChI=1S/C12H20N2O/c1-10-11(8-13-15-10)9-14(2)12-6-4-3-5-7-12/h8,12H,3-7,9H2,1-2H3. The van der Waals surface area contributed by atoms with Crippen molar-refractivity contribution in [3.05, 3.63) is 17.5 Å². The van der Waals surface area contributed by atoms with Crippen LogP contribution in [0, 0.1) is 6.92 Å². The molecule has 0 bridgehead atoms. The van der Waals surface area contributed by atoms with Crippen LogP contribution in [0.4, 0.5) is 0 Å². The quantitative estimate of drug-likeness (QED) is 0.765. The third kappa shape index (κ3) is 2.59. The molecule has 0 N–H and O–H groups in total. The molecule has 0 aliphatic heterocycles. The van der Waals surface area contributed by atoms with Crippen LogP contribution < -0.4 is 0 Å². The molecule has 1 aromatic rings. The van der Waals surface area contributed by atoms with Crippen LogP contribution in [-0.4, -0.2) is 23.1 Å². The minimum Gasteiger partial charge on any atom is -0.361 e. The van der Waals surface area contributed by atoms with Gasteiger partial charge in [0.1, 0.15) is 5.76 Å². The number of aryl methyl sites for hydroxylation is 1. The molecule has 3 nitrogen and oxygen atoms in total. The van der Waals surface area contributed by atoms with Gasteiger partial charge in [-0.1, -0.05) is 24.4 Å². The predicted octanol–water partition coefficient (Wildman–Crippen LogP) is 2.75. The lowest BCUT2D eigenvalue weighted by Crippen LogP contribution is -2.32. The molecule has 1 aromatic heterocycles. The molecule has 0 unspecified atom stereocenters. The van der Waals surface area contributed by atoms with Crippen LogP contribution in [0.1, 0.15) is 43.4 Å². The van der Waals surface area contributed by atoms with Crippen LogP contribution in [-0.2, 0) is 6.54 Å². The highest BCUT2D eigenvalue weighted by atomic mass is 16.5. The Bertz CT molecular complexity index is 302. The molecule has 0 saturated heterocycles. The zero-order valence-electron chi connectivity index (χ0n) is 9.70. The lowest BCUT2D eigenvalue weighted by Gasteiger charge is -2.30.